The van der Waals surface area contributed by atoms with Crippen molar-refractivity contribution in [3.63, 3.8) is 0 Å². The number of carbonyl (C=O) groups is 1. The molecule has 2 aromatic heterocycles. The van der Waals surface area contributed by atoms with Crippen LogP contribution < -0.4 is 10.1 Å². The van der Waals surface area contributed by atoms with E-state index in [1.54, 1.807) is 12.1 Å². The van der Waals surface area contributed by atoms with Crippen molar-refractivity contribution in [3.05, 3.63) is 42.1 Å². The molecule has 0 saturated heterocycles. The highest BCUT2D eigenvalue weighted by Gasteiger charge is 2.22. The predicted octanol–water partition coefficient (Wildman–Crippen LogP) is 2.64. The van der Waals surface area contributed by atoms with Crippen molar-refractivity contribution in [1.29, 1.82) is 0 Å². The number of rotatable bonds is 7. The Bertz CT molecular complexity index is 894. The maximum Gasteiger partial charge on any atom is 0.343 e. The fourth-order valence-corrected chi connectivity index (χ4v) is 2.57. The Morgan fingerprint density at radius 1 is 1.27 bits per heavy atom. The van der Waals surface area contributed by atoms with Gasteiger partial charge in [-0.25, -0.2) is 4.98 Å². The molecular weight excluding hydrogens is 334 g/mol. The zero-order valence-corrected chi connectivity index (χ0v) is 14.7. The number of benzene rings is 1. The minimum absolute atomic E-state index is 0.0691. The summed E-state index contributed by atoms with van der Waals surface area (Å²) in [5.74, 6) is 0.0156. The first-order chi connectivity index (χ1) is 12.6. The van der Waals surface area contributed by atoms with Gasteiger partial charge in [0.1, 0.15) is 5.75 Å². The van der Waals surface area contributed by atoms with Crippen molar-refractivity contribution in [3.8, 4) is 17.6 Å². The Morgan fingerprint density at radius 3 is 2.73 bits per heavy atom. The summed E-state index contributed by atoms with van der Waals surface area (Å²) in [7, 11) is 0. The summed E-state index contributed by atoms with van der Waals surface area (Å²) in [5, 5.41) is 17.2. The van der Waals surface area contributed by atoms with Crippen LogP contribution in [0.3, 0.4) is 0 Å². The molecule has 1 atom stereocenters. The number of fused-ring (bicyclic) bond motifs is 1. The third-order valence-corrected chi connectivity index (χ3v) is 3.88. The molecule has 2 heterocycles. The number of ether oxygens (including phenoxy) is 1. The molecule has 136 valence electrons. The number of para-hydroxylation sites is 1. The summed E-state index contributed by atoms with van der Waals surface area (Å²) in [6.07, 6.45) is 1.41. The summed E-state index contributed by atoms with van der Waals surface area (Å²) in [6, 6.07) is 10.6. The van der Waals surface area contributed by atoms with E-state index in [1.807, 2.05) is 32.0 Å². The molecule has 3 rings (SSSR count). The minimum atomic E-state index is -0.465. The number of amides is 1. The van der Waals surface area contributed by atoms with Gasteiger partial charge in [-0.2, -0.15) is 9.50 Å². The van der Waals surface area contributed by atoms with Crippen LogP contribution in [-0.2, 0) is 4.79 Å². The molecule has 8 heteroatoms. The lowest BCUT2D eigenvalue weighted by molar-refractivity contribution is -0.122. The van der Waals surface area contributed by atoms with Crippen LogP contribution in [0.5, 0.6) is 17.6 Å². The summed E-state index contributed by atoms with van der Waals surface area (Å²) >= 11 is 0. The zero-order valence-electron chi connectivity index (χ0n) is 14.7. The highest BCUT2D eigenvalue weighted by atomic mass is 16.5. The smallest absolute Gasteiger partial charge is 0.343 e. The number of hydrogen-bond acceptors (Lipinski definition) is 6. The van der Waals surface area contributed by atoms with Crippen molar-refractivity contribution < 1.29 is 14.6 Å². The van der Waals surface area contributed by atoms with E-state index in [4.69, 9.17) is 4.74 Å². The molecule has 1 aromatic carbocycles. The summed E-state index contributed by atoms with van der Waals surface area (Å²) in [4.78, 5) is 20.9. The number of aromatic nitrogens is 4. The normalized spacial score (nSPS) is 12.1. The Labute approximate surface area is 150 Å². The Morgan fingerprint density at radius 2 is 2.04 bits per heavy atom. The fraction of sp³-hybridized carbons (Fsp3) is 0.333. The number of nitrogens with zero attached hydrogens (tertiary/aromatic N) is 4. The molecule has 1 unspecified atom stereocenters. The molecule has 0 aliphatic heterocycles. The molecule has 0 fully saturated rings. The maximum absolute atomic E-state index is 12.3. The number of aromatic hydroxyl groups is 1. The summed E-state index contributed by atoms with van der Waals surface area (Å²) in [5.41, 5.74) is 0.449. The first-order valence-electron chi connectivity index (χ1n) is 8.59. The highest BCUT2D eigenvalue weighted by molar-refractivity contribution is 5.83. The van der Waals surface area contributed by atoms with E-state index in [0.717, 1.165) is 6.42 Å². The molecule has 0 saturated carbocycles. The molecule has 2 N–H and O–H groups in total. The van der Waals surface area contributed by atoms with Crippen LogP contribution in [0.4, 0.5) is 0 Å². The van der Waals surface area contributed by atoms with Crippen molar-refractivity contribution in [1.82, 2.24) is 24.9 Å². The molecule has 0 aliphatic rings. The molecule has 26 heavy (non-hydrogen) atoms. The van der Waals surface area contributed by atoms with Gasteiger partial charge < -0.3 is 15.2 Å². The largest absolute Gasteiger partial charge is 0.493 e. The van der Waals surface area contributed by atoms with Gasteiger partial charge in [0.2, 0.25) is 11.8 Å². The van der Waals surface area contributed by atoms with Crippen LogP contribution in [0.15, 0.2) is 36.4 Å². The van der Waals surface area contributed by atoms with Crippen molar-refractivity contribution in [2.24, 2.45) is 0 Å². The summed E-state index contributed by atoms with van der Waals surface area (Å²) in [6.45, 7) is 4.48. The van der Waals surface area contributed by atoms with Gasteiger partial charge in [0, 0.05) is 12.6 Å². The van der Waals surface area contributed by atoms with Crippen molar-refractivity contribution >= 4 is 11.7 Å². The van der Waals surface area contributed by atoms with Crippen LogP contribution >= 0.6 is 0 Å². The minimum Gasteiger partial charge on any atom is -0.493 e. The van der Waals surface area contributed by atoms with Crippen molar-refractivity contribution in [2.45, 2.75) is 32.6 Å². The van der Waals surface area contributed by atoms with E-state index in [2.05, 4.69) is 20.4 Å². The molecule has 1 amide bonds. The topological polar surface area (TPSA) is 102 Å². The van der Waals surface area contributed by atoms with Crippen LogP contribution in [0.2, 0.25) is 0 Å². The second-order valence-corrected chi connectivity index (χ2v) is 5.81. The molecule has 0 radical (unpaired) electrons. The molecule has 0 bridgehead atoms. The average molecular weight is 355 g/mol. The van der Waals surface area contributed by atoms with E-state index in [-0.39, 0.29) is 23.6 Å². The van der Waals surface area contributed by atoms with Gasteiger partial charge in [0.05, 0.1) is 11.6 Å². The van der Waals surface area contributed by atoms with Gasteiger partial charge in [-0.05, 0) is 25.0 Å². The first-order valence-corrected chi connectivity index (χ1v) is 8.59. The Balaban J connectivity index is 1.90. The molecule has 3 aromatic rings. The highest BCUT2D eigenvalue weighted by Crippen LogP contribution is 2.24. The second kappa shape index (κ2) is 7.81. The van der Waals surface area contributed by atoms with Gasteiger partial charge >= 0.3 is 6.01 Å². The van der Waals surface area contributed by atoms with E-state index in [1.165, 1.54) is 10.6 Å². The molecule has 0 spiro atoms. The number of nitrogens with one attached hydrogen (secondary N) is 1. The first kappa shape index (κ1) is 17.7. The summed E-state index contributed by atoms with van der Waals surface area (Å²) < 4.78 is 6.75. The van der Waals surface area contributed by atoms with E-state index < -0.39 is 5.92 Å². The van der Waals surface area contributed by atoms with Crippen LogP contribution in [0, 0.1) is 0 Å². The lowest BCUT2D eigenvalue weighted by atomic mass is 10.0. The lowest BCUT2D eigenvalue weighted by Gasteiger charge is -2.14. The Kier molecular flexibility index (Phi) is 5.31. The third kappa shape index (κ3) is 3.74. The number of carbonyl (C=O) groups excluding carboxylic acids is 1. The quantitative estimate of drug-likeness (QED) is 0.675. The van der Waals surface area contributed by atoms with E-state index >= 15 is 0 Å². The predicted molar refractivity (Wildman–Crippen MR) is 95.3 cm³/mol. The standard InChI is InChI=1S/C18H21N5O3/c1-3-10-19-16(25)13(4-2)14-11-15(24)23-17(20-14)21-18(22-23)26-12-8-6-5-7-9-12/h5-9,11,13,24H,3-4,10H2,1-2H3,(H,19,25). The van der Waals surface area contributed by atoms with Gasteiger partial charge in [-0.15, -0.1) is 5.10 Å². The third-order valence-electron chi connectivity index (χ3n) is 3.88. The Hall–Kier alpha value is -3.16. The zero-order chi connectivity index (χ0) is 18.5. The van der Waals surface area contributed by atoms with Crippen molar-refractivity contribution in [2.75, 3.05) is 6.54 Å². The van der Waals surface area contributed by atoms with Crippen LogP contribution in [0.1, 0.15) is 38.3 Å². The average Bonchev–Trinajstić information content (AvgIpc) is 3.04. The lowest BCUT2D eigenvalue weighted by Crippen LogP contribution is -2.30. The van der Waals surface area contributed by atoms with Gasteiger partial charge in [-0.1, -0.05) is 32.0 Å². The fourth-order valence-electron chi connectivity index (χ4n) is 2.57. The van der Waals surface area contributed by atoms with Gasteiger partial charge in [0.25, 0.3) is 5.78 Å². The SMILES string of the molecule is CCCNC(=O)C(CC)c1cc(O)n2nc(Oc3ccccc3)nc2n1. The van der Waals surface area contributed by atoms with Gasteiger partial charge in [0.15, 0.2) is 0 Å². The molecular formula is C18H21N5O3. The number of hydrogen-bond donors (Lipinski definition) is 2. The monoisotopic (exact) mass is 355 g/mol. The van der Waals surface area contributed by atoms with E-state index in [0.29, 0.717) is 24.4 Å². The molecule has 8 nitrogen and oxygen atoms in total. The maximum atomic E-state index is 12.3. The van der Waals surface area contributed by atoms with Crippen LogP contribution in [-0.4, -0.2) is 37.1 Å². The second-order valence-electron chi connectivity index (χ2n) is 5.81. The van der Waals surface area contributed by atoms with Crippen LogP contribution in [0.25, 0.3) is 5.78 Å². The van der Waals surface area contributed by atoms with Gasteiger partial charge in [-0.3, -0.25) is 4.79 Å². The van der Waals surface area contributed by atoms with E-state index in [9.17, 15) is 9.90 Å². The molecule has 0 aliphatic carbocycles.